The standard InChI is InChI=1S/C21H16N2O7/c1-27-14-4-5-18-16(7-14)21(24)13(11-30-18)6-12(10-22)15-8-19(28-2)20(29-3)9-17(15)23(25)26/h4-9,11H,1-3H3/b12-6+. The van der Waals surface area contributed by atoms with Gasteiger partial charge in [0, 0.05) is 0 Å². The van der Waals surface area contributed by atoms with Crippen molar-refractivity contribution in [1.82, 2.24) is 0 Å². The first-order chi connectivity index (χ1) is 14.4. The average molecular weight is 408 g/mol. The molecule has 2 aromatic carbocycles. The number of rotatable bonds is 6. The predicted molar refractivity (Wildman–Crippen MR) is 109 cm³/mol. The van der Waals surface area contributed by atoms with E-state index >= 15 is 0 Å². The third kappa shape index (κ3) is 3.66. The molecule has 1 aromatic heterocycles. The molecule has 0 aliphatic rings. The Hall–Kier alpha value is -4.32. The fraction of sp³-hybridized carbons (Fsp3) is 0.143. The van der Waals surface area contributed by atoms with Crippen LogP contribution in [0, 0.1) is 21.4 Å². The first-order valence-electron chi connectivity index (χ1n) is 8.55. The Morgan fingerprint density at radius 1 is 1.13 bits per heavy atom. The van der Waals surface area contributed by atoms with Crippen LogP contribution in [0.4, 0.5) is 5.69 Å². The second kappa shape index (κ2) is 8.36. The Morgan fingerprint density at radius 2 is 1.83 bits per heavy atom. The normalized spacial score (nSPS) is 11.1. The summed E-state index contributed by atoms with van der Waals surface area (Å²) < 4.78 is 20.9. The summed E-state index contributed by atoms with van der Waals surface area (Å²) in [6.07, 6.45) is 2.43. The fourth-order valence-corrected chi connectivity index (χ4v) is 2.91. The summed E-state index contributed by atoms with van der Waals surface area (Å²) in [4.78, 5) is 23.8. The summed E-state index contributed by atoms with van der Waals surface area (Å²) >= 11 is 0. The van der Waals surface area contributed by atoms with Crippen molar-refractivity contribution in [3.8, 4) is 23.3 Å². The number of nitro groups is 1. The zero-order chi connectivity index (χ0) is 21.8. The number of nitrogens with zero attached hydrogens (tertiary/aromatic N) is 2. The van der Waals surface area contributed by atoms with Gasteiger partial charge in [0.25, 0.3) is 5.69 Å². The van der Waals surface area contributed by atoms with Crippen LogP contribution in [0.1, 0.15) is 11.1 Å². The Balaban J connectivity index is 2.24. The van der Waals surface area contributed by atoms with Gasteiger partial charge in [-0.15, -0.1) is 0 Å². The number of fused-ring (bicyclic) bond motifs is 1. The lowest BCUT2D eigenvalue weighted by Gasteiger charge is -2.10. The predicted octanol–water partition coefficient (Wildman–Crippen LogP) is 3.79. The van der Waals surface area contributed by atoms with Crippen molar-refractivity contribution >= 4 is 28.3 Å². The van der Waals surface area contributed by atoms with Gasteiger partial charge in [0.1, 0.15) is 23.7 Å². The maximum atomic E-state index is 12.9. The van der Waals surface area contributed by atoms with Gasteiger partial charge < -0.3 is 18.6 Å². The molecular weight excluding hydrogens is 392 g/mol. The minimum Gasteiger partial charge on any atom is -0.497 e. The molecular formula is C21H16N2O7. The van der Waals surface area contributed by atoms with Crippen LogP contribution in [-0.2, 0) is 0 Å². The van der Waals surface area contributed by atoms with Crippen molar-refractivity contribution in [2.75, 3.05) is 21.3 Å². The molecule has 0 spiro atoms. The molecule has 0 amide bonds. The molecule has 3 aromatic rings. The van der Waals surface area contributed by atoms with E-state index in [1.165, 1.54) is 45.8 Å². The van der Waals surface area contributed by atoms with Crippen LogP contribution in [0.15, 0.2) is 45.8 Å². The number of methoxy groups -OCH3 is 3. The molecule has 152 valence electrons. The summed E-state index contributed by atoms with van der Waals surface area (Å²) in [7, 11) is 4.18. The molecule has 30 heavy (non-hydrogen) atoms. The van der Waals surface area contributed by atoms with Crippen LogP contribution in [0.25, 0.3) is 22.6 Å². The second-order valence-corrected chi connectivity index (χ2v) is 6.03. The molecule has 0 N–H and O–H groups in total. The highest BCUT2D eigenvalue weighted by Gasteiger charge is 2.23. The number of nitriles is 1. The molecule has 0 fully saturated rings. The summed E-state index contributed by atoms with van der Waals surface area (Å²) in [5.74, 6) is 0.809. The Labute approximate surface area is 170 Å². The summed E-state index contributed by atoms with van der Waals surface area (Å²) in [5.41, 5.74) is -0.522. The van der Waals surface area contributed by atoms with Gasteiger partial charge in [-0.1, -0.05) is 0 Å². The minimum absolute atomic E-state index is 0.0229. The van der Waals surface area contributed by atoms with Gasteiger partial charge >= 0.3 is 0 Å². The lowest BCUT2D eigenvalue weighted by Crippen LogP contribution is -2.06. The highest BCUT2D eigenvalue weighted by molar-refractivity contribution is 5.94. The third-order valence-electron chi connectivity index (χ3n) is 4.42. The molecule has 0 aliphatic heterocycles. The quantitative estimate of drug-likeness (QED) is 0.343. The number of allylic oxidation sites excluding steroid dienone is 1. The van der Waals surface area contributed by atoms with Crippen LogP contribution >= 0.6 is 0 Å². The largest absolute Gasteiger partial charge is 0.497 e. The molecule has 0 unspecified atom stereocenters. The number of nitro benzene ring substituents is 1. The molecule has 0 bridgehead atoms. The van der Waals surface area contributed by atoms with Crippen molar-refractivity contribution in [3.05, 3.63) is 68.1 Å². The lowest BCUT2D eigenvalue weighted by atomic mass is 10.0. The van der Waals surface area contributed by atoms with Gasteiger partial charge in [-0.25, -0.2) is 0 Å². The van der Waals surface area contributed by atoms with E-state index in [-0.39, 0.29) is 39.3 Å². The zero-order valence-electron chi connectivity index (χ0n) is 16.3. The smallest absolute Gasteiger partial charge is 0.281 e. The van der Waals surface area contributed by atoms with E-state index in [4.69, 9.17) is 18.6 Å². The Kier molecular flexibility index (Phi) is 5.69. The van der Waals surface area contributed by atoms with Crippen LogP contribution < -0.4 is 19.6 Å². The molecule has 0 saturated heterocycles. The first-order valence-corrected chi connectivity index (χ1v) is 8.55. The highest BCUT2D eigenvalue weighted by atomic mass is 16.6. The van der Waals surface area contributed by atoms with Crippen molar-refractivity contribution in [2.24, 2.45) is 0 Å². The molecule has 3 rings (SSSR count). The third-order valence-corrected chi connectivity index (χ3v) is 4.42. The molecule has 9 heteroatoms. The zero-order valence-corrected chi connectivity index (χ0v) is 16.3. The maximum Gasteiger partial charge on any atom is 0.281 e. The van der Waals surface area contributed by atoms with E-state index in [2.05, 4.69) is 0 Å². The SMILES string of the molecule is COc1ccc2occ(/C=C(\C#N)c3cc(OC)c(OC)cc3[N+](=O)[O-])c(=O)c2c1. The van der Waals surface area contributed by atoms with Gasteiger partial charge in [0.2, 0.25) is 0 Å². The van der Waals surface area contributed by atoms with Gasteiger partial charge in [-0.2, -0.15) is 5.26 Å². The Morgan fingerprint density at radius 3 is 2.43 bits per heavy atom. The minimum atomic E-state index is -0.643. The lowest BCUT2D eigenvalue weighted by molar-refractivity contribution is -0.385. The number of benzene rings is 2. The van der Waals surface area contributed by atoms with E-state index < -0.39 is 10.4 Å². The van der Waals surface area contributed by atoms with Crippen LogP contribution in [0.5, 0.6) is 17.2 Å². The maximum absolute atomic E-state index is 12.9. The molecule has 1 heterocycles. The average Bonchev–Trinajstić information content (AvgIpc) is 2.77. The fourth-order valence-electron chi connectivity index (χ4n) is 2.91. The van der Waals surface area contributed by atoms with Crippen LogP contribution in [-0.4, -0.2) is 26.3 Å². The van der Waals surface area contributed by atoms with Crippen molar-refractivity contribution in [1.29, 1.82) is 5.26 Å². The summed E-state index contributed by atoms with van der Waals surface area (Å²) in [6, 6.07) is 9.14. The molecule has 0 saturated carbocycles. The molecule has 0 aliphatic carbocycles. The van der Waals surface area contributed by atoms with Crippen LogP contribution in [0.2, 0.25) is 0 Å². The number of hydrogen-bond donors (Lipinski definition) is 0. The van der Waals surface area contributed by atoms with Crippen molar-refractivity contribution in [2.45, 2.75) is 0 Å². The number of hydrogen-bond acceptors (Lipinski definition) is 8. The van der Waals surface area contributed by atoms with E-state index in [9.17, 15) is 20.2 Å². The molecule has 0 atom stereocenters. The number of ether oxygens (including phenoxy) is 3. The second-order valence-electron chi connectivity index (χ2n) is 6.03. The molecule has 0 radical (unpaired) electrons. The summed E-state index contributed by atoms with van der Waals surface area (Å²) in [5, 5.41) is 21.5. The van der Waals surface area contributed by atoms with E-state index in [0.717, 1.165) is 6.07 Å². The highest BCUT2D eigenvalue weighted by Crippen LogP contribution is 2.38. The van der Waals surface area contributed by atoms with Gasteiger partial charge in [0.05, 0.1) is 54.4 Å². The topological polar surface area (TPSA) is 125 Å². The first kappa shape index (κ1) is 20.4. The van der Waals surface area contributed by atoms with Crippen molar-refractivity contribution < 1.29 is 23.6 Å². The van der Waals surface area contributed by atoms with Crippen LogP contribution in [0.3, 0.4) is 0 Å². The van der Waals surface area contributed by atoms with E-state index in [1.807, 2.05) is 6.07 Å². The monoisotopic (exact) mass is 408 g/mol. The van der Waals surface area contributed by atoms with Crippen molar-refractivity contribution in [3.63, 3.8) is 0 Å². The van der Waals surface area contributed by atoms with E-state index in [0.29, 0.717) is 11.3 Å². The van der Waals surface area contributed by atoms with Gasteiger partial charge in [-0.05, 0) is 30.3 Å². The van der Waals surface area contributed by atoms with Gasteiger partial charge in [0.15, 0.2) is 16.9 Å². The molecule has 9 nitrogen and oxygen atoms in total. The van der Waals surface area contributed by atoms with Gasteiger partial charge in [-0.3, -0.25) is 14.9 Å². The Bertz CT molecular complexity index is 1270. The summed E-state index contributed by atoms with van der Waals surface area (Å²) in [6.45, 7) is 0. The van der Waals surface area contributed by atoms with E-state index in [1.54, 1.807) is 12.1 Å².